The molecule has 414 valence electrons. The van der Waals surface area contributed by atoms with Crippen molar-refractivity contribution >= 4 is 0 Å². The minimum Gasteiger partial charge on any atom is -0.497 e. The van der Waals surface area contributed by atoms with Gasteiger partial charge in [-0.3, -0.25) is 0 Å². The predicted molar refractivity (Wildman–Crippen MR) is 303 cm³/mol. The maximum atomic E-state index is 7.19. The van der Waals surface area contributed by atoms with E-state index in [0.29, 0.717) is 18.1 Å². The largest absolute Gasteiger partial charge is 0.497 e. The van der Waals surface area contributed by atoms with Crippen LogP contribution in [0, 0.1) is 0 Å². The minimum atomic E-state index is -1.04. The zero-order chi connectivity index (χ0) is 54.4. The average molecular weight is 1080 g/mol. The fourth-order valence-corrected chi connectivity index (χ4v) is 9.83. The van der Waals surface area contributed by atoms with Crippen molar-refractivity contribution in [1.82, 2.24) is 0 Å². The highest BCUT2D eigenvalue weighted by atomic mass is 16.8. The van der Waals surface area contributed by atoms with Crippen molar-refractivity contribution in [2.45, 2.75) is 108 Å². The van der Waals surface area contributed by atoms with E-state index in [1.807, 2.05) is 237 Å². The molecule has 0 aromatic heterocycles. The number of ether oxygens (including phenoxy) is 12. The lowest BCUT2D eigenvalue weighted by Gasteiger charge is -2.48. The Morgan fingerprint density at radius 3 is 0.925 bits per heavy atom. The van der Waals surface area contributed by atoms with Gasteiger partial charge in [0, 0.05) is 0 Å². The van der Waals surface area contributed by atoms with E-state index in [1.165, 1.54) is 0 Å². The summed E-state index contributed by atoms with van der Waals surface area (Å²) >= 11 is 0. The molecule has 0 unspecified atom stereocenters. The smallest absolute Gasteiger partial charge is 0.229 e. The van der Waals surface area contributed by atoms with Crippen LogP contribution in [0.5, 0.6) is 11.5 Å². The molecule has 2 fully saturated rings. The molecule has 0 saturated carbocycles. The molecule has 0 radical (unpaired) electrons. The van der Waals surface area contributed by atoms with E-state index in [0.717, 1.165) is 38.9 Å². The lowest BCUT2D eigenvalue weighted by molar-refractivity contribution is -0.346. The van der Waals surface area contributed by atoms with Crippen molar-refractivity contribution in [3.8, 4) is 11.5 Å². The van der Waals surface area contributed by atoms with E-state index < -0.39 is 61.4 Å². The van der Waals surface area contributed by atoms with Gasteiger partial charge in [-0.1, -0.05) is 212 Å². The molecule has 10 atom stereocenters. The number of benzene rings is 8. The fourth-order valence-electron chi connectivity index (χ4n) is 9.83. The third-order valence-electron chi connectivity index (χ3n) is 14.0. The van der Waals surface area contributed by atoms with Gasteiger partial charge in [0.1, 0.15) is 60.3 Å². The van der Waals surface area contributed by atoms with E-state index in [2.05, 4.69) is 0 Å². The van der Waals surface area contributed by atoms with Crippen LogP contribution in [-0.4, -0.2) is 81.7 Å². The zero-order valence-corrected chi connectivity index (χ0v) is 45.1. The first-order chi connectivity index (χ1) is 39.6. The summed E-state index contributed by atoms with van der Waals surface area (Å²) in [7, 11) is 1.63. The second-order valence-electron chi connectivity index (χ2n) is 19.8. The molecule has 2 aliphatic rings. The van der Waals surface area contributed by atoms with E-state index in [1.54, 1.807) is 7.11 Å². The van der Waals surface area contributed by atoms with Crippen LogP contribution in [0.15, 0.2) is 237 Å². The third kappa shape index (κ3) is 16.3. The van der Waals surface area contributed by atoms with Crippen LogP contribution in [0.1, 0.15) is 38.9 Å². The topological polar surface area (TPSA) is 111 Å². The summed E-state index contributed by atoms with van der Waals surface area (Å²) in [6, 6.07) is 77.7. The average Bonchev–Trinajstić information content (AvgIpc) is 3.60. The first kappa shape index (κ1) is 56.2. The van der Waals surface area contributed by atoms with Gasteiger partial charge in [0.25, 0.3) is 0 Å². The Labute approximate surface area is 469 Å². The maximum absolute atomic E-state index is 7.19. The van der Waals surface area contributed by atoms with Crippen LogP contribution < -0.4 is 9.47 Å². The summed E-state index contributed by atoms with van der Waals surface area (Å²) in [6.45, 7) is 1.97. The molecule has 0 aliphatic carbocycles. The molecule has 10 rings (SSSR count). The second kappa shape index (κ2) is 30.0. The van der Waals surface area contributed by atoms with Gasteiger partial charge >= 0.3 is 0 Å². The molecular formula is C68H70O12. The molecule has 0 N–H and O–H groups in total. The Morgan fingerprint density at radius 1 is 0.275 bits per heavy atom. The molecule has 0 bridgehead atoms. The molecule has 12 nitrogen and oxygen atoms in total. The molecule has 12 heteroatoms. The maximum Gasteiger partial charge on any atom is 0.229 e. The van der Waals surface area contributed by atoms with Gasteiger partial charge in [0.2, 0.25) is 6.29 Å². The molecule has 2 heterocycles. The Hall–Kier alpha value is -7.04. The molecule has 0 spiro atoms. The highest BCUT2D eigenvalue weighted by molar-refractivity contribution is 5.31. The first-order valence-electron chi connectivity index (χ1n) is 27.4. The lowest BCUT2D eigenvalue weighted by Crippen LogP contribution is -2.64. The number of hydrogen-bond acceptors (Lipinski definition) is 12. The monoisotopic (exact) mass is 1080 g/mol. The molecule has 0 amide bonds. The summed E-state index contributed by atoms with van der Waals surface area (Å²) in [6.07, 6.45) is -8.18. The summed E-state index contributed by atoms with van der Waals surface area (Å²) in [5.74, 6) is 1.22. The Morgan fingerprint density at radius 2 is 0.562 bits per heavy atom. The van der Waals surface area contributed by atoms with Crippen molar-refractivity contribution in [1.29, 1.82) is 0 Å². The van der Waals surface area contributed by atoms with Crippen molar-refractivity contribution in [2.24, 2.45) is 0 Å². The zero-order valence-electron chi connectivity index (χ0n) is 45.1. The fraction of sp³-hybridized carbons (Fsp3) is 0.294. The van der Waals surface area contributed by atoms with Crippen molar-refractivity contribution in [2.75, 3.05) is 20.3 Å². The first-order valence-corrected chi connectivity index (χ1v) is 27.4. The Kier molecular flexibility index (Phi) is 21.1. The van der Waals surface area contributed by atoms with Gasteiger partial charge in [-0.05, 0) is 63.2 Å². The summed E-state index contributed by atoms with van der Waals surface area (Å²) in [5, 5.41) is 0. The van der Waals surface area contributed by atoms with Gasteiger partial charge in [0.05, 0.1) is 66.6 Å². The minimum absolute atomic E-state index is 0.0626. The predicted octanol–water partition coefficient (Wildman–Crippen LogP) is 12.3. The molecule has 80 heavy (non-hydrogen) atoms. The van der Waals surface area contributed by atoms with Gasteiger partial charge in [-0.2, -0.15) is 0 Å². The van der Waals surface area contributed by atoms with Gasteiger partial charge in [-0.25, -0.2) is 0 Å². The Balaban J connectivity index is 1.02. The van der Waals surface area contributed by atoms with E-state index in [-0.39, 0.29) is 52.9 Å². The summed E-state index contributed by atoms with van der Waals surface area (Å²) in [5.41, 5.74) is 6.88. The summed E-state index contributed by atoms with van der Waals surface area (Å²) < 4.78 is 82.6. The van der Waals surface area contributed by atoms with Crippen molar-refractivity contribution in [3.05, 3.63) is 276 Å². The normalized spacial score (nSPS) is 22.8. The van der Waals surface area contributed by atoms with E-state index in [4.69, 9.17) is 56.8 Å². The van der Waals surface area contributed by atoms with Crippen LogP contribution in [0.3, 0.4) is 0 Å². The number of methoxy groups -OCH3 is 1. The molecule has 2 aliphatic heterocycles. The van der Waals surface area contributed by atoms with E-state index >= 15 is 0 Å². The Bertz CT molecular complexity index is 2950. The molecule has 8 aromatic rings. The summed E-state index contributed by atoms with van der Waals surface area (Å²) in [4.78, 5) is 0. The van der Waals surface area contributed by atoms with Crippen molar-refractivity contribution < 1.29 is 56.8 Å². The van der Waals surface area contributed by atoms with Gasteiger partial charge in [0.15, 0.2) is 6.29 Å². The van der Waals surface area contributed by atoms with Gasteiger partial charge in [-0.15, -0.1) is 0 Å². The highest BCUT2D eigenvalue weighted by Gasteiger charge is 2.53. The molecule has 2 saturated heterocycles. The van der Waals surface area contributed by atoms with E-state index in [9.17, 15) is 0 Å². The second-order valence-corrected chi connectivity index (χ2v) is 19.8. The van der Waals surface area contributed by atoms with Crippen LogP contribution in [-0.2, 0) is 93.6 Å². The standard InChI is InChI=1S/C68H70O12/c1-69-57-37-39-58(40-38-57)78-68-66(76-47-56-35-21-8-22-36-56)64(74-45-54-31-17-6-18-32-54)62(72-43-52-27-13-4-14-28-52)60(80-68)49-77-67-65(75-46-55-33-19-7-20-34-55)63(73-44-53-29-15-5-16-30-53)61(71-42-51-25-11-3-12-26-51)59(79-67)48-70-41-50-23-9-2-10-24-50/h2-40,59-68H,41-49H2,1H3/t59-,60-,61-,62-,63+,64+,65+,66+,67+,68+/m1/s1. The quantitative estimate of drug-likeness (QED) is 0.0466. The van der Waals surface area contributed by atoms with Crippen LogP contribution in [0.25, 0.3) is 0 Å². The SMILES string of the molecule is COc1ccc(O[C@H]2O[C@H](CO[C@H]3O[C@H](COCc4ccccc4)[C@@H](OCc4ccccc4)[C@H](OCc4ccccc4)[C@@H]3OCc3ccccc3)[C@@H](OCc3ccccc3)[C@H](OCc3ccccc3)[C@@H]2OCc2ccccc2)cc1. The van der Waals surface area contributed by atoms with Crippen LogP contribution in [0.2, 0.25) is 0 Å². The number of rotatable bonds is 28. The third-order valence-corrected chi connectivity index (χ3v) is 14.0. The highest BCUT2D eigenvalue weighted by Crippen LogP contribution is 2.36. The van der Waals surface area contributed by atoms with Crippen LogP contribution >= 0.6 is 0 Å². The van der Waals surface area contributed by atoms with Crippen LogP contribution in [0.4, 0.5) is 0 Å². The number of hydrogen-bond donors (Lipinski definition) is 0. The molecular weight excluding hydrogens is 1010 g/mol. The van der Waals surface area contributed by atoms with Gasteiger partial charge < -0.3 is 56.8 Å². The molecule has 8 aromatic carbocycles. The lowest BCUT2D eigenvalue weighted by atomic mass is 9.96. The van der Waals surface area contributed by atoms with Crippen molar-refractivity contribution in [3.63, 3.8) is 0 Å².